The van der Waals surface area contributed by atoms with E-state index >= 15 is 0 Å². The second kappa shape index (κ2) is 9.55. The minimum atomic E-state index is -3.56. The average molecular weight is 415 g/mol. The van der Waals surface area contributed by atoms with Gasteiger partial charge in [0.1, 0.15) is 0 Å². The van der Waals surface area contributed by atoms with Gasteiger partial charge in [0.25, 0.3) is 5.91 Å². The van der Waals surface area contributed by atoms with Crippen LogP contribution in [-0.2, 0) is 16.6 Å². The first kappa shape index (κ1) is 21.5. The number of carbonyl (C=O) groups is 1. The van der Waals surface area contributed by atoms with Gasteiger partial charge < -0.3 is 4.90 Å². The van der Waals surface area contributed by atoms with E-state index in [9.17, 15) is 13.2 Å². The van der Waals surface area contributed by atoms with Crippen molar-refractivity contribution in [1.29, 1.82) is 0 Å². The van der Waals surface area contributed by atoms with Crippen molar-refractivity contribution in [1.82, 2.24) is 9.21 Å². The van der Waals surface area contributed by atoms with Crippen molar-refractivity contribution in [3.8, 4) is 0 Å². The van der Waals surface area contributed by atoms with E-state index < -0.39 is 10.0 Å². The fourth-order valence-corrected chi connectivity index (χ4v) is 5.08. The minimum absolute atomic E-state index is 0.0677. The van der Waals surface area contributed by atoms with Crippen LogP contribution in [0.25, 0.3) is 0 Å². The number of hydrogen-bond donors (Lipinski definition) is 0. The molecule has 5 nitrogen and oxygen atoms in total. The molecular weight excluding hydrogens is 384 g/mol. The lowest BCUT2D eigenvalue weighted by atomic mass is 10.1. The van der Waals surface area contributed by atoms with Gasteiger partial charge in [0.05, 0.1) is 4.90 Å². The second-order valence-electron chi connectivity index (χ2n) is 7.65. The fraction of sp³-hybridized carbons (Fsp3) is 0.435. The summed E-state index contributed by atoms with van der Waals surface area (Å²) in [5.41, 5.74) is 2.56. The average Bonchev–Trinajstić information content (AvgIpc) is 3.01. The largest absolute Gasteiger partial charge is 0.339 e. The molecule has 0 bridgehead atoms. The van der Waals surface area contributed by atoms with E-state index in [1.807, 2.05) is 55.1 Å². The highest BCUT2D eigenvalue weighted by Gasteiger charge is 2.23. The molecule has 1 aliphatic rings. The maximum absolute atomic E-state index is 13.0. The van der Waals surface area contributed by atoms with E-state index in [1.54, 1.807) is 12.1 Å². The Bertz CT molecular complexity index is 914. The van der Waals surface area contributed by atoms with Crippen molar-refractivity contribution in [2.45, 2.75) is 51.0 Å². The van der Waals surface area contributed by atoms with E-state index in [-0.39, 0.29) is 12.5 Å². The smallest absolute Gasteiger partial charge is 0.253 e. The summed E-state index contributed by atoms with van der Waals surface area (Å²) in [6.45, 7) is 6.07. The zero-order valence-corrected chi connectivity index (χ0v) is 18.1. The van der Waals surface area contributed by atoms with Gasteiger partial charge in [0, 0.05) is 31.7 Å². The van der Waals surface area contributed by atoms with Gasteiger partial charge in [-0.15, -0.1) is 0 Å². The minimum Gasteiger partial charge on any atom is -0.339 e. The zero-order valence-electron chi connectivity index (χ0n) is 17.3. The molecule has 0 N–H and O–H groups in total. The lowest BCUT2D eigenvalue weighted by Crippen LogP contribution is -2.32. The van der Waals surface area contributed by atoms with Crippen molar-refractivity contribution in [2.75, 3.05) is 19.6 Å². The van der Waals surface area contributed by atoms with Gasteiger partial charge in [0.15, 0.2) is 0 Å². The molecule has 0 radical (unpaired) electrons. The lowest BCUT2D eigenvalue weighted by molar-refractivity contribution is 0.0761. The molecule has 0 spiro atoms. The Balaban J connectivity index is 1.72. The Morgan fingerprint density at radius 1 is 0.931 bits per heavy atom. The Hall–Kier alpha value is -2.18. The molecule has 0 saturated carbocycles. The maximum Gasteiger partial charge on any atom is 0.253 e. The van der Waals surface area contributed by atoms with E-state index in [1.165, 1.54) is 17.1 Å². The van der Waals surface area contributed by atoms with Gasteiger partial charge in [-0.2, -0.15) is 4.31 Å². The molecule has 2 aromatic rings. The number of hydrogen-bond acceptors (Lipinski definition) is 3. The quantitative estimate of drug-likeness (QED) is 0.711. The van der Waals surface area contributed by atoms with Crippen LogP contribution in [0, 0.1) is 6.92 Å². The van der Waals surface area contributed by atoms with Gasteiger partial charge in [-0.05, 0) is 49.6 Å². The number of benzene rings is 2. The number of sulfonamides is 1. The topological polar surface area (TPSA) is 57.7 Å². The van der Waals surface area contributed by atoms with Gasteiger partial charge in [-0.1, -0.05) is 49.6 Å². The van der Waals surface area contributed by atoms with Crippen LogP contribution in [0.1, 0.15) is 54.1 Å². The predicted molar refractivity (Wildman–Crippen MR) is 115 cm³/mol. The number of amides is 1. The summed E-state index contributed by atoms with van der Waals surface area (Å²) in [7, 11) is -3.56. The van der Waals surface area contributed by atoms with Gasteiger partial charge in [-0.3, -0.25) is 4.79 Å². The Morgan fingerprint density at radius 3 is 2.07 bits per heavy atom. The molecule has 3 rings (SSSR count). The monoisotopic (exact) mass is 414 g/mol. The summed E-state index contributed by atoms with van der Waals surface area (Å²) in [4.78, 5) is 15.0. The van der Waals surface area contributed by atoms with Crippen LogP contribution in [0.2, 0.25) is 0 Å². The number of rotatable bonds is 6. The van der Waals surface area contributed by atoms with Crippen molar-refractivity contribution in [2.24, 2.45) is 0 Å². The SMILES string of the molecule is CCN(Cc1ccc(C(=O)N2CCCCCC2)cc1)S(=O)(=O)c1ccc(C)cc1. The van der Waals surface area contributed by atoms with Crippen LogP contribution >= 0.6 is 0 Å². The first-order valence-corrected chi connectivity index (χ1v) is 11.8. The van der Waals surface area contributed by atoms with Crippen molar-refractivity contribution >= 4 is 15.9 Å². The van der Waals surface area contributed by atoms with Crippen molar-refractivity contribution < 1.29 is 13.2 Å². The third-order valence-corrected chi connectivity index (χ3v) is 7.40. The van der Waals surface area contributed by atoms with E-state index in [0.29, 0.717) is 17.0 Å². The molecule has 1 saturated heterocycles. The number of aryl methyl sites for hydroxylation is 1. The molecular formula is C23H30N2O3S. The number of likely N-dealkylation sites (tertiary alicyclic amines) is 1. The molecule has 1 aliphatic heterocycles. The third kappa shape index (κ3) is 5.25. The first-order valence-electron chi connectivity index (χ1n) is 10.4. The van der Waals surface area contributed by atoms with Crippen LogP contribution in [0.3, 0.4) is 0 Å². The maximum atomic E-state index is 13.0. The Kier molecular flexibility index (Phi) is 7.09. The van der Waals surface area contributed by atoms with E-state index in [0.717, 1.165) is 37.1 Å². The van der Waals surface area contributed by atoms with Crippen LogP contribution < -0.4 is 0 Å². The first-order chi connectivity index (χ1) is 13.9. The molecule has 156 valence electrons. The van der Waals surface area contributed by atoms with Gasteiger partial charge >= 0.3 is 0 Å². The normalized spacial score (nSPS) is 15.3. The fourth-order valence-electron chi connectivity index (χ4n) is 3.64. The second-order valence-corrected chi connectivity index (χ2v) is 9.59. The van der Waals surface area contributed by atoms with E-state index in [2.05, 4.69) is 0 Å². The number of nitrogens with zero attached hydrogens (tertiary/aromatic N) is 2. The highest BCUT2D eigenvalue weighted by molar-refractivity contribution is 7.89. The highest BCUT2D eigenvalue weighted by atomic mass is 32.2. The molecule has 0 aliphatic carbocycles. The van der Waals surface area contributed by atoms with Gasteiger partial charge in [-0.25, -0.2) is 8.42 Å². The summed E-state index contributed by atoms with van der Waals surface area (Å²) >= 11 is 0. The Morgan fingerprint density at radius 2 is 1.52 bits per heavy atom. The van der Waals surface area contributed by atoms with Crippen LogP contribution in [0.5, 0.6) is 0 Å². The summed E-state index contributed by atoms with van der Waals surface area (Å²) in [5.74, 6) is 0.0677. The molecule has 1 amide bonds. The molecule has 2 aromatic carbocycles. The van der Waals surface area contributed by atoms with Crippen LogP contribution in [0.15, 0.2) is 53.4 Å². The van der Waals surface area contributed by atoms with Crippen LogP contribution in [-0.4, -0.2) is 43.2 Å². The third-order valence-electron chi connectivity index (χ3n) is 5.46. The molecule has 0 unspecified atom stereocenters. The number of carbonyl (C=O) groups excluding carboxylic acids is 1. The van der Waals surface area contributed by atoms with Gasteiger partial charge in [0.2, 0.25) is 10.0 Å². The van der Waals surface area contributed by atoms with E-state index in [4.69, 9.17) is 0 Å². The Labute approximate surface area is 174 Å². The lowest BCUT2D eigenvalue weighted by Gasteiger charge is -2.22. The van der Waals surface area contributed by atoms with Crippen LogP contribution in [0.4, 0.5) is 0 Å². The zero-order chi connectivity index (χ0) is 20.9. The molecule has 29 heavy (non-hydrogen) atoms. The summed E-state index contributed by atoms with van der Waals surface area (Å²) in [6.07, 6.45) is 4.49. The molecule has 1 heterocycles. The standard InChI is InChI=1S/C23H30N2O3S/c1-3-25(29(27,28)22-14-8-19(2)9-15-22)18-20-10-12-21(13-11-20)23(26)24-16-6-4-5-7-17-24/h8-15H,3-7,16-18H2,1-2H3. The summed E-state index contributed by atoms with van der Waals surface area (Å²) < 4.78 is 27.4. The predicted octanol–water partition coefficient (Wildman–Crippen LogP) is 4.22. The summed E-state index contributed by atoms with van der Waals surface area (Å²) in [5, 5.41) is 0. The highest BCUT2D eigenvalue weighted by Crippen LogP contribution is 2.20. The van der Waals surface area contributed by atoms with Crippen molar-refractivity contribution in [3.05, 3.63) is 65.2 Å². The molecule has 1 fully saturated rings. The molecule has 0 atom stereocenters. The van der Waals surface area contributed by atoms with Crippen molar-refractivity contribution in [3.63, 3.8) is 0 Å². The molecule has 0 aromatic heterocycles. The molecule has 6 heteroatoms. The summed E-state index contributed by atoms with van der Waals surface area (Å²) in [6, 6.07) is 14.3.